The van der Waals surface area contributed by atoms with Crippen molar-refractivity contribution in [3.63, 3.8) is 0 Å². The highest BCUT2D eigenvalue weighted by atomic mass is 16.7. The number of aliphatic hydroxyl groups is 6. The van der Waals surface area contributed by atoms with Gasteiger partial charge in [0, 0.05) is 6.61 Å². The number of aryl methyl sites for hydroxylation is 1. The first-order valence-electron chi connectivity index (χ1n) is 11.2. The minimum Gasteiger partial charge on any atom is -0.504 e. The van der Waals surface area contributed by atoms with Crippen LogP contribution < -0.4 is 14.2 Å². The number of hydrogen-bond donors (Lipinski definition) is 7. The van der Waals surface area contributed by atoms with Crippen molar-refractivity contribution >= 4 is 0 Å². The largest absolute Gasteiger partial charge is 0.504 e. The van der Waals surface area contributed by atoms with Gasteiger partial charge in [0.25, 0.3) is 0 Å². The summed E-state index contributed by atoms with van der Waals surface area (Å²) in [5, 5.41) is 69.3. The van der Waals surface area contributed by atoms with Crippen molar-refractivity contribution in [3.8, 4) is 23.0 Å². The summed E-state index contributed by atoms with van der Waals surface area (Å²) in [6, 6.07) is 9.14. The summed E-state index contributed by atoms with van der Waals surface area (Å²) >= 11 is 0. The van der Waals surface area contributed by atoms with Gasteiger partial charge in [-0.15, -0.1) is 0 Å². The quantitative estimate of drug-likeness (QED) is 0.216. The lowest BCUT2D eigenvalue weighted by atomic mass is 10.0. The van der Waals surface area contributed by atoms with Crippen LogP contribution in [0.3, 0.4) is 0 Å². The molecule has 0 amide bonds. The SMILES string of the molecule is COc1cc(C(O)C(CO)Oc2ccc(CCCO)cc2O)ccc1OC1OCC(O)C(O)C1O. The second-order valence-corrected chi connectivity index (χ2v) is 8.19. The van der Waals surface area contributed by atoms with Crippen molar-refractivity contribution in [1.29, 1.82) is 0 Å². The molecule has 0 saturated carbocycles. The highest BCUT2D eigenvalue weighted by Crippen LogP contribution is 2.35. The van der Waals surface area contributed by atoms with E-state index in [1.54, 1.807) is 6.07 Å². The molecule has 11 nitrogen and oxygen atoms in total. The molecule has 0 radical (unpaired) electrons. The van der Waals surface area contributed by atoms with Crippen molar-refractivity contribution in [2.24, 2.45) is 0 Å². The van der Waals surface area contributed by atoms with Gasteiger partial charge in [0.05, 0.1) is 20.3 Å². The third-order valence-corrected chi connectivity index (χ3v) is 5.68. The number of phenolic OH excluding ortho intramolecular Hbond substituents is 1. The smallest absolute Gasteiger partial charge is 0.229 e. The van der Waals surface area contributed by atoms with E-state index < -0.39 is 43.4 Å². The molecule has 0 aromatic heterocycles. The zero-order chi connectivity index (χ0) is 25.5. The van der Waals surface area contributed by atoms with Crippen molar-refractivity contribution in [2.75, 3.05) is 26.9 Å². The Labute approximate surface area is 202 Å². The van der Waals surface area contributed by atoms with Crippen LogP contribution in [0, 0.1) is 0 Å². The molecular formula is C24H32O11. The first-order valence-corrected chi connectivity index (χ1v) is 11.2. The Balaban J connectivity index is 1.72. The summed E-state index contributed by atoms with van der Waals surface area (Å²) in [5.41, 5.74) is 1.12. The van der Waals surface area contributed by atoms with E-state index in [0.717, 1.165) is 5.56 Å². The first kappa shape index (κ1) is 27.0. The molecule has 194 valence electrons. The van der Waals surface area contributed by atoms with Gasteiger partial charge in [0.2, 0.25) is 6.29 Å². The molecule has 0 bridgehead atoms. The Morgan fingerprint density at radius 1 is 1.00 bits per heavy atom. The van der Waals surface area contributed by atoms with Crippen LogP contribution in [0.25, 0.3) is 0 Å². The zero-order valence-electron chi connectivity index (χ0n) is 19.2. The number of hydrogen-bond acceptors (Lipinski definition) is 11. The average molecular weight is 497 g/mol. The number of aliphatic hydroxyl groups excluding tert-OH is 6. The zero-order valence-corrected chi connectivity index (χ0v) is 19.2. The molecular weight excluding hydrogens is 464 g/mol. The van der Waals surface area contributed by atoms with E-state index in [2.05, 4.69) is 0 Å². The standard InChI is InChI=1S/C24H32O11/c1-32-19-10-14(5-7-18(19)35-24-23(31)22(30)16(28)12-33-24)21(29)20(11-26)34-17-6-4-13(3-2-8-25)9-15(17)27/h4-7,9-10,16,20-31H,2-3,8,11-12H2,1H3. The fraction of sp³-hybridized carbons (Fsp3) is 0.500. The summed E-state index contributed by atoms with van der Waals surface area (Å²) in [7, 11) is 1.37. The Hall–Kier alpha value is -2.64. The van der Waals surface area contributed by atoms with E-state index >= 15 is 0 Å². The van der Waals surface area contributed by atoms with Crippen molar-refractivity contribution in [3.05, 3.63) is 47.5 Å². The van der Waals surface area contributed by atoms with Crippen LogP contribution in [0.2, 0.25) is 0 Å². The van der Waals surface area contributed by atoms with Crippen LogP contribution in [0.4, 0.5) is 0 Å². The predicted octanol–water partition coefficient (Wildman–Crippen LogP) is -0.383. The Kier molecular flexibility index (Phi) is 9.52. The maximum Gasteiger partial charge on any atom is 0.229 e. The topological polar surface area (TPSA) is 179 Å². The molecule has 3 rings (SSSR count). The van der Waals surface area contributed by atoms with E-state index in [-0.39, 0.29) is 36.2 Å². The second-order valence-electron chi connectivity index (χ2n) is 8.19. The van der Waals surface area contributed by atoms with Gasteiger partial charge >= 0.3 is 0 Å². The van der Waals surface area contributed by atoms with Gasteiger partial charge in [-0.25, -0.2) is 0 Å². The number of rotatable bonds is 11. The van der Waals surface area contributed by atoms with Crippen LogP contribution in [0.5, 0.6) is 23.0 Å². The molecule has 35 heavy (non-hydrogen) atoms. The molecule has 1 heterocycles. The number of aromatic hydroxyl groups is 1. The van der Waals surface area contributed by atoms with Crippen LogP contribution in [-0.4, -0.2) is 93.4 Å². The van der Waals surface area contributed by atoms with E-state index in [0.29, 0.717) is 18.4 Å². The fourth-order valence-corrected chi connectivity index (χ4v) is 3.65. The minimum absolute atomic E-state index is 0.0322. The van der Waals surface area contributed by atoms with Crippen molar-refractivity contribution < 1.29 is 54.7 Å². The molecule has 11 heteroatoms. The minimum atomic E-state index is -1.50. The van der Waals surface area contributed by atoms with Gasteiger partial charge in [0.15, 0.2) is 29.1 Å². The van der Waals surface area contributed by atoms with Crippen LogP contribution in [-0.2, 0) is 11.2 Å². The van der Waals surface area contributed by atoms with Gasteiger partial charge in [0.1, 0.15) is 24.4 Å². The first-order chi connectivity index (χ1) is 16.8. The van der Waals surface area contributed by atoms with E-state index in [1.165, 1.54) is 37.4 Å². The summed E-state index contributed by atoms with van der Waals surface area (Å²) in [6.45, 7) is -0.757. The monoisotopic (exact) mass is 496 g/mol. The molecule has 1 saturated heterocycles. The van der Waals surface area contributed by atoms with Gasteiger partial charge in [-0.1, -0.05) is 12.1 Å². The van der Waals surface area contributed by atoms with Crippen LogP contribution in [0.1, 0.15) is 23.7 Å². The molecule has 0 aliphatic carbocycles. The molecule has 6 atom stereocenters. The molecule has 0 spiro atoms. The molecule has 2 aromatic carbocycles. The van der Waals surface area contributed by atoms with E-state index in [1.807, 2.05) is 0 Å². The normalized spacial score (nSPS) is 24.0. The fourth-order valence-electron chi connectivity index (χ4n) is 3.65. The number of benzene rings is 2. The Morgan fingerprint density at radius 3 is 2.40 bits per heavy atom. The van der Waals surface area contributed by atoms with Gasteiger partial charge in [-0.3, -0.25) is 0 Å². The molecule has 6 unspecified atom stereocenters. The van der Waals surface area contributed by atoms with Gasteiger partial charge < -0.3 is 54.7 Å². The predicted molar refractivity (Wildman–Crippen MR) is 121 cm³/mol. The lowest BCUT2D eigenvalue weighted by Gasteiger charge is -2.35. The lowest BCUT2D eigenvalue weighted by Crippen LogP contribution is -2.54. The number of methoxy groups -OCH3 is 1. The maximum atomic E-state index is 10.8. The van der Waals surface area contributed by atoms with Crippen LogP contribution in [0.15, 0.2) is 36.4 Å². The molecule has 1 fully saturated rings. The summed E-state index contributed by atoms with van der Waals surface area (Å²) < 4.78 is 21.8. The summed E-state index contributed by atoms with van der Waals surface area (Å²) in [6.07, 6.45) is -6.75. The van der Waals surface area contributed by atoms with Crippen LogP contribution >= 0.6 is 0 Å². The molecule has 2 aromatic rings. The lowest BCUT2D eigenvalue weighted by molar-refractivity contribution is -0.242. The van der Waals surface area contributed by atoms with E-state index in [9.17, 15) is 30.6 Å². The maximum absolute atomic E-state index is 10.8. The third kappa shape index (κ3) is 6.53. The molecule has 1 aliphatic rings. The Morgan fingerprint density at radius 2 is 1.74 bits per heavy atom. The van der Waals surface area contributed by atoms with Gasteiger partial charge in [-0.2, -0.15) is 0 Å². The summed E-state index contributed by atoms with van der Waals surface area (Å²) in [5.74, 6) is 0.233. The van der Waals surface area contributed by atoms with Crippen molar-refractivity contribution in [1.82, 2.24) is 0 Å². The average Bonchev–Trinajstić information content (AvgIpc) is 2.87. The highest BCUT2D eigenvalue weighted by molar-refractivity contribution is 5.45. The van der Waals surface area contributed by atoms with Gasteiger partial charge in [-0.05, 0) is 48.2 Å². The second kappa shape index (κ2) is 12.4. The highest BCUT2D eigenvalue weighted by Gasteiger charge is 2.39. The Bertz CT molecular complexity index is 953. The van der Waals surface area contributed by atoms with E-state index in [4.69, 9.17) is 24.1 Å². The molecule has 7 N–H and O–H groups in total. The summed E-state index contributed by atoms with van der Waals surface area (Å²) in [4.78, 5) is 0. The molecule has 1 aliphatic heterocycles. The van der Waals surface area contributed by atoms with Crippen molar-refractivity contribution in [2.45, 2.75) is 49.7 Å². The third-order valence-electron chi connectivity index (χ3n) is 5.68. The number of phenols is 1. The number of ether oxygens (including phenoxy) is 4.